The van der Waals surface area contributed by atoms with E-state index in [4.69, 9.17) is 19.9 Å². The van der Waals surface area contributed by atoms with Gasteiger partial charge in [0.05, 0.1) is 17.1 Å². The zero-order valence-corrected chi connectivity index (χ0v) is 30.1. The third-order valence-electron chi connectivity index (χ3n) is 10.4. The molecule has 260 valence electrons. The van der Waals surface area contributed by atoms with E-state index in [0.717, 1.165) is 77.1 Å². The van der Waals surface area contributed by atoms with Crippen molar-refractivity contribution in [3.8, 4) is 73.6 Å². The Morgan fingerprint density at radius 2 is 0.839 bits per heavy atom. The largest absolute Gasteiger partial charge is 0.256 e. The monoisotopic (exact) mass is 713 g/mol. The molecular weight excluding hydrogens is 683 g/mol. The molecule has 0 bridgehead atoms. The fourth-order valence-corrected chi connectivity index (χ4v) is 7.65. The van der Waals surface area contributed by atoms with Crippen LogP contribution >= 0.6 is 0 Å². The van der Waals surface area contributed by atoms with E-state index in [0.29, 0.717) is 23.0 Å². The summed E-state index contributed by atoms with van der Waals surface area (Å²) in [5.74, 6) is 1.88. The topological polar surface area (TPSA) is 75.3 Å². The molecule has 56 heavy (non-hydrogen) atoms. The van der Waals surface area contributed by atoms with Gasteiger partial charge < -0.3 is 0 Å². The molecule has 0 fully saturated rings. The number of nitrogens with zero attached hydrogens (tertiary/aromatic N) is 5. The predicted molar refractivity (Wildman–Crippen MR) is 227 cm³/mol. The van der Waals surface area contributed by atoms with E-state index in [1.807, 2.05) is 97.2 Å². The van der Waals surface area contributed by atoms with E-state index < -0.39 is 0 Å². The first-order valence-corrected chi connectivity index (χ1v) is 18.5. The Balaban J connectivity index is 1.14. The van der Waals surface area contributed by atoms with Crippen molar-refractivity contribution in [2.75, 3.05) is 0 Å². The maximum absolute atomic E-state index is 9.32. The van der Waals surface area contributed by atoms with Gasteiger partial charge in [0.2, 0.25) is 0 Å². The lowest BCUT2D eigenvalue weighted by molar-refractivity contribution is 1.07. The summed E-state index contributed by atoms with van der Waals surface area (Å²) in [6, 6.07) is 64.6. The Bertz CT molecular complexity index is 3070. The lowest BCUT2D eigenvalue weighted by atomic mass is 9.88. The second kappa shape index (κ2) is 13.9. The molecule has 0 spiro atoms. The van der Waals surface area contributed by atoms with Crippen LogP contribution in [0, 0.1) is 11.3 Å². The van der Waals surface area contributed by atoms with Gasteiger partial charge in [0.25, 0.3) is 0 Å². The number of nitriles is 1. The van der Waals surface area contributed by atoms with Crippen LogP contribution in [0.2, 0.25) is 0 Å². The maximum atomic E-state index is 9.32. The Morgan fingerprint density at radius 1 is 0.339 bits per heavy atom. The lowest BCUT2D eigenvalue weighted by Crippen LogP contribution is -2.00. The summed E-state index contributed by atoms with van der Waals surface area (Å²) in [5, 5.41) is 15.0. The first kappa shape index (κ1) is 32.8. The van der Waals surface area contributed by atoms with Crippen molar-refractivity contribution in [2.24, 2.45) is 0 Å². The molecule has 2 heterocycles. The van der Waals surface area contributed by atoms with Crippen molar-refractivity contribution in [2.45, 2.75) is 0 Å². The molecular formula is C51H31N5. The number of rotatable bonds is 6. The number of pyridine rings is 1. The SMILES string of the molecule is N#Cc1ccc(-c2cccc(-c3cc4c5ccccc5c(-c5cccc(-c6nc(-c7ccccc7)nc(-c7ccccc7)n6)c5)cc4c4cccnc34)c2)cc1. The van der Waals surface area contributed by atoms with Crippen LogP contribution in [0.5, 0.6) is 0 Å². The van der Waals surface area contributed by atoms with E-state index in [-0.39, 0.29) is 0 Å². The van der Waals surface area contributed by atoms with Gasteiger partial charge in [-0.3, -0.25) is 4.98 Å². The van der Waals surface area contributed by atoms with E-state index in [1.165, 1.54) is 5.39 Å². The minimum atomic E-state index is 0.618. The molecule has 5 heteroatoms. The number of hydrogen-bond donors (Lipinski definition) is 0. The molecule has 0 aliphatic carbocycles. The van der Waals surface area contributed by atoms with Crippen LogP contribution in [0.15, 0.2) is 188 Å². The summed E-state index contributed by atoms with van der Waals surface area (Å²) in [6.45, 7) is 0. The Morgan fingerprint density at radius 3 is 1.52 bits per heavy atom. The van der Waals surface area contributed by atoms with Crippen LogP contribution in [-0.2, 0) is 0 Å². The molecule has 0 N–H and O–H groups in total. The highest BCUT2D eigenvalue weighted by atomic mass is 15.0. The van der Waals surface area contributed by atoms with E-state index in [1.54, 1.807) is 0 Å². The molecule has 5 nitrogen and oxygen atoms in total. The zero-order chi connectivity index (χ0) is 37.4. The zero-order valence-electron chi connectivity index (χ0n) is 30.1. The smallest absolute Gasteiger partial charge is 0.164 e. The third-order valence-corrected chi connectivity index (χ3v) is 10.4. The van der Waals surface area contributed by atoms with Gasteiger partial charge in [-0.1, -0.05) is 140 Å². The molecule has 10 aromatic rings. The summed E-state index contributed by atoms with van der Waals surface area (Å²) in [4.78, 5) is 19.9. The summed E-state index contributed by atoms with van der Waals surface area (Å²) in [6.07, 6.45) is 1.87. The molecule has 10 rings (SSSR count). The Kier molecular flexibility index (Phi) is 8.13. The van der Waals surface area contributed by atoms with Gasteiger partial charge in [-0.05, 0) is 91.8 Å². The highest BCUT2D eigenvalue weighted by Gasteiger charge is 2.17. The van der Waals surface area contributed by atoms with Gasteiger partial charge in [0.1, 0.15) is 0 Å². The second-order valence-electron chi connectivity index (χ2n) is 13.8. The highest BCUT2D eigenvalue weighted by molar-refractivity contribution is 6.23. The fourth-order valence-electron chi connectivity index (χ4n) is 7.65. The fraction of sp³-hybridized carbons (Fsp3) is 0. The summed E-state index contributed by atoms with van der Waals surface area (Å²) >= 11 is 0. The second-order valence-corrected chi connectivity index (χ2v) is 13.8. The molecule has 0 aliphatic heterocycles. The first-order valence-electron chi connectivity index (χ1n) is 18.5. The molecule has 0 radical (unpaired) electrons. The van der Waals surface area contributed by atoms with Crippen LogP contribution in [0.25, 0.3) is 100.0 Å². The standard InChI is InChI=1S/C51H31N5/c52-32-33-23-25-34(26-24-33)37-16-9-18-39(28-37)45-31-46-42-21-8-7-20-41(42)44(30-47(46)43-22-11-27-53-48(43)45)38-17-10-19-40(29-38)51-55-49(35-12-3-1-4-13-35)54-50(56-51)36-14-5-2-6-15-36/h1-31H. The third kappa shape index (κ3) is 5.92. The summed E-state index contributed by atoms with van der Waals surface area (Å²) in [7, 11) is 0. The van der Waals surface area contributed by atoms with Crippen molar-refractivity contribution < 1.29 is 0 Å². The summed E-state index contributed by atoms with van der Waals surface area (Å²) in [5.41, 5.74) is 10.9. The quantitative estimate of drug-likeness (QED) is 0.160. The van der Waals surface area contributed by atoms with Gasteiger partial charge in [-0.2, -0.15) is 5.26 Å². The van der Waals surface area contributed by atoms with Gasteiger partial charge in [-0.15, -0.1) is 0 Å². The molecule has 0 atom stereocenters. The maximum Gasteiger partial charge on any atom is 0.164 e. The van der Waals surface area contributed by atoms with Crippen molar-refractivity contribution in [3.05, 3.63) is 194 Å². The molecule has 8 aromatic carbocycles. The number of hydrogen-bond acceptors (Lipinski definition) is 5. The van der Waals surface area contributed by atoms with E-state index in [2.05, 4.69) is 97.1 Å². The van der Waals surface area contributed by atoms with Crippen molar-refractivity contribution in [1.82, 2.24) is 19.9 Å². The molecule has 0 saturated heterocycles. The van der Waals surface area contributed by atoms with Crippen LogP contribution in [-0.4, -0.2) is 19.9 Å². The van der Waals surface area contributed by atoms with Gasteiger partial charge in [0.15, 0.2) is 17.5 Å². The van der Waals surface area contributed by atoms with E-state index >= 15 is 0 Å². The van der Waals surface area contributed by atoms with Crippen LogP contribution in [0.1, 0.15) is 5.56 Å². The average Bonchev–Trinajstić information content (AvgIpc) is 3.29. The Labute approximate surface area is 323 Å². The van der Waals surface area contributed by atoms with Crippen LogP contribution < -0.4 is 0 Å². The van der Waals surface area contributed by atoms with Crippen LogP contribution in [0.3, 0.4) is 0 Å². The molecule has 2 aromatic heterocycles. The molecule has 0 amide bonds. The number of fused-ring (bicyclic) bond motifs is 5. The minimum absolute atomic E-state index is 0.618. The highest BCUT2D eigenvalue weighted by Crippen LogP contribution is 2.42. The van der Waals surface area contributed by atoms with E-state index in [9.17, 15) is 5.26 Å². The van der Waals surface area contributed by atoms with Gasteiger partial charge in [0, 0.05) is 33.8 Å². The lowest BCUT2D eigenvalue weighted by Gasteiger charge is -2.16. The predicted octanol–water partition coefficient (Wildman–Crippen LogP) is 12.6. The molecule has 0 saturated carbocycles. The van der Waals surface area contributed by atoms with Crippen molar-refractivity contribution in [1.29, 1.82) is 5.26 Å². The Hall–Kier alpha value is -7.81. The minimum Gasteiger partial charge on any atom is -0.256 e. The number of aromatic nitrogens is 4. The molecule has 0 aliphatic rings. The first-order chi connectivity index (χ1) is 27.7. The van der Waals surface area contributed by atoms with Crippen LogP contribution in [0.4, 0.5) is 0 Å². The average molecular weight is 714 g/mol. The molecule has 0 unspecified atom stereocenters. The van der Waals surface area contributed by atoms with Crippen molar-refractivity contribution >= 4 is 32.4 Å². The van der Waals surface area contributed by atoms with Gasteiger partial charge in [-0.25, -0.2) is 15.0 Å². The number of benzene rings is 8. The normalized spacial score (nSPS) is 11.2. The summed E-state index contributed by atoms with van der Waals surface area (Å²) < 4.78 is 0. The van der Waals surface area contributed by atoms with Gasteiger partial charge >= 0.3 is 0 Å². The van der Waals surface area contributed by atoms with Crippen molar-refractivity contribution in [3.63, 3.8) is 0 Å².